The van der Waals surface area contributed by atoms with Gasteiger partial charge in [-0.2, -0.15) is 4.31 Å². The Labute approximate surface area is 191 Å². The number of carbonyl (C=O) groups is 1. The van der Waals surface area contributed by atoms with Crippen molar-refractivity contribution in [2.75, 3.05) is 26.3 Å². The van der Waals surface area contributed by atoms with Gasteiger partial charge in [0.05, 0.1) is 23.7 Å². The fourth-order valence-electron chi connectivity index (χ4n) is 3.76. The van der Waals surface area contributed by atoms with Crippen LogP contribution in [0.3, 0.4) is 0 Å². The number of aryl methyl sites for hydroxylation is 3. The number of benzene rings is 2. The molecule has 0 radical (unpaired) electrons. The van der Waals surface area contributed by atoms with E-state index in [9.17, 15) is 18.0 Å². The van der Waals surface area contributed by atoms with Crippen LogP contribution in [0.5, 0.6) is 0 Å². The maximum Gasteiger partial charge on any atom is 0.338 e. The van der Waals surface area contributed by atoms with Crippen LogP contribution in [0.2, 0.25) is 0 Å². The molecule has 4 rings (SSSR count). The van der Waals surface area contributed by atoms with E-state index in [1.165, 1.54) is 22.5 Å². The third kappa shape index (κ3) is 4.71. The predicted octanol–water partition coefficient (Wildman–Crippen LogP) is 3.10. The lowest BCUT2D eigenvalue weighted by molar-refractivity contribution is 0.0473. The van der Waals surface area contributed by atoms with E-state index in [2.05, 4.69) is 0 Å². The number of carbonyl (C=O) groups excluding carboxylic acids is 1. The summed E-state index contributed by atoms with van der Waals surface area (Å²) in [6, 6.07) is 9.42. The van der Waals surface area contributed by atoms with Crippen molar-refractivity contribution in [2.45, 2.75) is 32.3 Å². The maximum atomic E-state index is 13.1. The van der Waals surface area contributed by atoms with Gasteiger partial charge < -0.3 is 13.9 Å². The number of hydrogen-bond donors (Lipinski definition) is 0. The topological polar surface area (TPSA) is 103 Å². The first-order valence-electron chi connectivity index (χ1n) is 10.6. The van der Waals surface area contributed by atoms with Gasteiger partial charge in [0.1, 0.15) is 12.2 Å². The van der Waals surface area contributed by atoms with Crippen LogP contribution < -0.4 is 5.63 Å². The van der Waals surface area contributed by atoms with Crippen molar-refractivity contribution in [1.82, 2.24) is 4.31 Å². The largest absolute Gasteiger partial charge is 0.457 e. The molecule has 0 bridgehead atoms. The van der Waals surface area contributed by atoms with Gasteiger partial charge >= 0.3 is 11.6 Å². The van der Waals surface area contributed by atoms with Crippen LogP contribution >= 0.6 is 0 Å². The van der Waals surface area contributed by atoms with Gasteiger partial charge in [-0.1, -0.05) is 6.07 Å². The summed E-state index contributed by atoms with van der Waals surface area (Å²) in [5.74, 6) is -0.682. The van der Waals surface area contributed by atoms with Crippen LogP contribution in [0, 0.1) is 20.8 Å². The Balaban J connectivity index is 1.60. The average Bonchev–Trinajstić information content (AvgIpc) is 2.79. The minimum Gasteiger partial charge on any atom is -0.457 e. The molecule has 33 heavy (non-hydrogen) atoms. The SMILES string of the molecule is Cc1cc2oc(=O)cc(COC(=O)c3ccc(C)c(S(=O)(=O)N4CCOCC4)c3)c2cc1C. The summed E-state index contributed by atoms with van der Waals surface area (Å²) in [6.07, 6.45) is 0. The van der Waals surface area contributed by atoms with Crippen LogP contribution in [0.25, 0.3) is 11.0 Å². The van der Waals surface area contributed by atoms with E-state index >= 15 is 0 Å². The highest BCUT2D eigenvalue weighted by molar-refractivity contribution is 7.89. The highest BCUT2D eigenvalue weighted by Crippen LogP contribution is 2.25. The molecule has 174 valence electrons. The van der Waals surface area contributed by atoms with Crippen LogP contribution in [0.4, 0.5) is 0 Å². The van der Waals surface area contributed by atoms with E-state index < -0.39 is 21.6 Å². The molecule has 1 aliphatic rings. The molecule has 1 saturated heterocycles. The number of morpholine rings is 1. The zero-order valence-electron chi connectivity index (χ0n) is 18.7. The van der Waals surface area contributed by atoms with E-state index in [-0.39, 0.29) is 30.2 Å². The van der Waals surface area contributed by atoms with Crippen LogP contribution in [-0.4, -0.2) is 45.0 Å². The number of sulfonamides is 1. The molecule has 1 fully saturated rings. The summed E-state index contributed by atoms with van der Waals surface area (Å²) in [7, 11) is -3.77. The summed E-state index contributed by atoms with van der Waals surface area (Å²) in [6.45, 7) is 6.58. The molecule has 0 aliphatic carbocycles. The molecular formula is C24H25NO7S. The molecule has 0 saturated carbocycles. The number of rotatable bonds is 5. The van der Waals surface area contributed by atoms with E-state index in [1.807, 2.05) is 19.9 Å². The Bertz CT molecular complexity index is 1390. The Hall–Kier alpha value is -3.01. The Morgan fingerprint density at radius 2 is 1.70 bits per heavy atom. The normalized spacial score (nSPS) is 15.0. The molecule has 1 aromatic heterocycles. The monoisotopic (exact) mass is 471 g/mol. The highest BCUT2D eigenvalue weighted by atomic mass is 32.2. The molecule has 0 unspecified atom stereocenters. The number of fused-ring (bicyclic) bond motifs is 1. The van der Waals surface area contributed by atoms with E-state index in [4.69, 9.17) is 13.9 Å². The molecule has 2 heterocycles. The van der Waals surface area contributed by atoms with Crippen molar-refractivity contribution in [3.05, 3.63) is 74.6 Å². The zero-order chi connectivity index (χ0) is 23.8. The van der Waals surface area contributed by atoms with Crippen LogP contribution in [0.1, 0.15) is 32.6 Å². The third-order valence-corrected chi connectivity index (χ3v) is 7.86. The summed E-state index contributed by atoms with van der Waals surface area (Å²) in [4.78, 5) is 24.8. The molecule has 2 aromatic carbocycles. The number of esters is 1. The summed E-state index contributed by atoms with van der Waals surface area (Å²) >= 11 is 0. The minimum atomic E-state index is -3.77. The molecule has 0 spiro atoms. The molecule has 3 aromatic rings. The summed E-state index contributed by atoms with van der Waals surface area (Å²) in [5.41, 5.74) is 3.05. The minimum absolute atomic E-state index is 0.0655. The lowest BCUT2D eigenvalue weighted by Gasteiger charge is -2.26. The molecule has 0 amide bonds. The standard InChI is InChI=1S/C24H25NO7S/c1-15-4-5-18(12-22(15)33(28,29)25-6-8-30-9-7-25)24(27)31-14-19-13-23(26)32-21-11-17(3)16(2)10-20(19)21/h4-5,10-13H,6-9,14H2,1-3H3. The Morgan fingerprint density at radius 1 is 1.00 bits per heavy atom. The first-order valence-corrected chi connectivity index (χ1v) is 12.0. The molecular weight excluding hydrogens is 446 g/mol. The van der Waals surface area contributed by atoms with Gasteiger partial charge in [0.25, 0.3) is 0 Å². The summed E-state index contributed by atoms with van der Waals surface area (Å²) in [5, 5.41) is 0.685. The van der Waals surface area contributed by atoms with Gasteiger partial charge in [-0.15, -0.1) is 0 Å². The van der Waals surface area contributed by atoms with Gasteiger partial charge in [-0.3, -0.25) is 0 Å². The third-order valence-electron chi connectivity index (χ3n) is 5.81. The quantitative estimate of drug-likeness (QED) is 0.416. The first kappa shape index (κ1) is 23.2. The number of ether oxygens (including phenoxy) is 2. The van der Waals surface area contributed by atoms with Gasteiger partial charge in [-0.05, 0) is 61.7 Å². The smallest absolute Gasteiger partial charge is 0.338 e. The van der Waals surface area contributed by atoms with Crippen molar-refractivity contribution in [3.8, 4) is 0 Å². The highest BCUT2D eigenvalue weighted by Gasteiger charge is 2.28. The van der Waals surface area contributed by atoms with Crippen LogP contribution in [0.15, 0.2) is 50.5 Å². The second kappa shape index (κ2) is 9.09. The fraction of sp³-hybridized carbons (Fsp3) is 0.333. The van der Waals surface area contributed by atoms with Crippen LogP contribution in [-0.2, 0) is 26.1 Å². The lowest BCUT2D eigenvalue weighted by atomic mass is 10.0. The Morgan fingerprint density at radius 3 is 2.42 bits per heavy atom. The fourth-order valence-corrected chi connectivity index (χ4v) is 5.42. The lowest BCUT2D eigenvalue weighted by Crippen LogP contribution is -2.40. The predicted molar refractivity (Wildman–Crippen MR) is 122 cm³/mol. The average molecular weight is 472 g/mol. The van der Waals surface area contributed by atoms with Crippen molar-refractivity contribution in [3.63, 3.8) is 0 Å². The number of hydrogen-bond acceptors (Lipinski definition) is 7. The van der Waals surface area contributed by atoms with E-state index in [0.717, 1.165) is 11.1 Å². The second-order valence-electron chi connectivity index (χ2n) is 8.10. The zero-order valence-corrected chi connectivity index (χ0v) is 19.5. The van der Waals surface area contributed by atoms with E-state index in [1.54, 1.807) is 19.1 Å². The van der Waals surface area contributed by atoms with Crippen molar-refractivity contribution < 1.29 is 27.1 Å². The number of nitrogens with zero attached hydrogens (tertiary/aromatic N) is 1. The first-order chi connectivity index (χ1) is 15.7. The molecule has 1 aliphatic heterocycles. The Kier molecular flexibility index (Phi) is 6.38. The summed E-state index contributed by atoms with van der Waals surface area (Å²) < 4.78 is 43.5. The van der Waals surface area contributed by atoms with Crippen molar-refractivity contribution in [1.29, 1.82) is 0 Å². The molecule has 0 atom stereocenters. The van der Waals surface area contributed by atoms with Gasteiger partial charge in [0.15, 0.2) is 0 Å². The molecule has 0 N–H and O–H groups in total. The van der Waals surface area contributed by atoms with E-state index in [0.29, 0.717) is 35.3 Å². The van der Waals surface area contributed by atoms with Gasteiger partial charge in [0, 0.05) is 30.1 Å². The van der Waals surface area contributed by atoms with Gasteiger partial charge in [0.2, 0.25) is 10.0 Å². The second-order valence-corrected chi connectivity index (χ2v) is 10.0. The van der Waals surface area contributed by atoms with Crippen molar-refractivity contribution >= 4 is 27.0 Å². The molecule has 8 nitrogen and oxygen atoms in total. The van der Waals surface area contributed by atoms with Gasteiger partial charge in [-0.25, -0.2) is 18.0 Å². The maximum absolute atomic E-state index is 13.1. The van der Waals surface area contributed by atoms with Crippen molar-refractivity contribution in [2.24, 2.45) is 0 Å². The molecule has 9 heteroatoms.